The van der Waals surface area contributed by atoms with E-state index in [-0.39, 0.29) is 24.6 Å². The van der Waals surface area contributed by atoms with Crippen LogP contribution in [0.1, 0.15) is 20.7 Å². The second-order valence-corrected chi connectivity index (χ2v) is 4.66. The van der Waals surface area contributed by atoms with Crippen molar-refractivity contribution in [3.63, 3.8) is 0 Å². The molecule has 1 N–H and O–H groups in total. The van der Waals surface area contributed by atoms with Crippen molar-refractivity contribution in [3.05, 3.63) is 65.7 Å². The van der Waals surface area contributed by atoms with Gasteiger partial charge in [-0.2, -0.15) is 0 Å². The van der Waals surface area contributed by atoms with E-state index in [1.165, 1.54) is 24.3 Å². The van der Waals surface area contributed by atoms with Crippen molar-refractivity contribution in [2.75, 3.05) is 13.2 Å². The smallest absolute Gasteiger partial charge is 0.338 e. The molecule has 5 nitrogen and oxygen atoms in total. The number of hydrogen-bond donors (Lipinski definition) is 1. The fourth-order valence-electron chi connectivity index (χ4n) is 1.80. The van der Waals surface area contributed by atoms with Gasteiger partial charge in [-0.1, -0.05) is 0 Å². The van der Waals surface area contributed by atoms with Crippen LogP contribution in [0.4, 0.5) is 4.39 Å². The summed E-state index contributed by atoms with van der Waals surface area (Å²) in [5, 5.41) is 2.65. The van der Waals surface area contributed by atoms with Crippen molar-refractivity contribution in [1.82, 2.24) is 5.32 Å². The minimum atomic E-state index is -0.555. The molecule has 0 aliphatic rings. The molecule has 0 saturated heterocycles. The van der Waals surface area contributed by atoms with Crippen LogP contribution in [0, 0.1) is 5.82 Å². The highest BCUT2D eigenvalue weighted by molar-refractivity contribution is 5.93. The Bertz CT molecular complexity index is 671. The van der Waals surface area contributed by atoms with Gasteiger partial charge in [-0.3, -0.25) is 4.79 Å². The SMILES string of the molecule is C[n+]1cccc(C(=O)NCCOC(=O)c2ccc(F)cc2)c1. The third kappa shape index (κ3) is 4.37. The van der Waals surface area contributed by atoms with E-state index in [0.29, 0.717) is 5.56 Å². The van der Waals surface area contributed by atoms with Crippen LogP contribution in [0.2, 0.25) is 0 Å². The zero-order valence-corrected chi connectivity index (χ0v) is 12.1. The van der Waals surface area contributed by atoms with Gasteiger partial charge in [0, 0.05) is 6.07 Å². The maximum absolute atomic E-state index is 12.7. The third-order valence-electron chi connectivity index (χ3n) is 2.90. The van der Waals surface area contributed by atoms with E-state index in [2.05, 4.69) is 5.32 Å². The van der Waals surface area contributed by atoms with Crippen LogP contribution >= 0.6 is 0 Å². The van der Waals surface area contributed by atoms with Gasteiger partial charge in [-0.05, 0) is 30.3 Å². The van der Waals surface area contributed by atoms with Crippen molar-refractivity contribution >= 4 is 11.9 Å². The van der Waals surface area contributed by atoms with E-state index in [4.69, 9.17) is 4.74 Å². The Balaban J connectivity index is 1.76. The normalized spacial score (nSPS) is 10.1. The second-order valence-electron chi connectivity index (χ2n) is 4.66. The number of carbonyl (C=O) groups is 2. The van der Waals surface area contributed by atoms with Gasteiger partial charge in [-0.15, -0.1) is 0 Å². The monoisotopic (exact) mass is 303 g/mol. The zero-order chi connectivity index (χ0) is 15.9. The molecular weight excluding hydrogens is 287 g/mol. The van der Waals surface area contributed by atoms with Crippen LogP contribution in [0.3, 0.4) is 0 Å². The number of aryl methyl sites for hydroxylation is 1. The minimum absolute atomic E-state index is 0.0426. The largest absolute Gasteiger partial charge is 0.460 e. The summed E-state index contributed by atoms with van der Waals surface area (Å²) < 4.78 is 19.5. The van der Waals surface area contributed by atoms with Crippen LogP contribution in [0.15, 0.2) is 48.8 Å². The topological polar surface area (TPSA) is 59.3 Å². The number of halogens is 1. The van der Waals surface area contributed by atoms with E-state index in [1.807, 2.05) is 13.2 Å². The summed E-state index contributed by atoms with van der Waals surface area (Å²) in [5.41, 5.74) is 0.790. The summed E-state index contributed by atoms with van der Waals surface area (Å²) in [6, 6.07) is 8.53. The number of carbonyl (C=O) groups excluding carboxylic acids is 2. The molecule has 0 atom stereocenters. The summed E-state index contributed by atoms with van der Waals surface area (Å²) in [4.78, 5) is 23.5. The van der Waals surface area contributed by atoms with Crippen LogP contribution < -0.4 is 9.88 Å². The van der Waals surface area contributed by atoms with E-state index < -0.39 is 11.8 Å². The quantitative estimate of drug-likeness (QED) is 0.513. The average molecular weight is 303 g/mol. The fourth-order valence-corrected chi connectivity index (χ4v) is 1.80. The van der Waals surface area contributed by atoms with Crippen molar-refractivity contribution in [2.24, 2.45) is 7.05 Å². The summed E-state index contributed by atoms with van der Waals surface area (Å²) >= 11 is 0. The molecule has 1 aromatic heterocycles. The second kappa shape index (κ2) is 7.31. The van der Waals surface area contributed by atoms with E-state index in [0.717, 1.165) is 0 Å². The minimum Gasteiger partial charge on any atom is -0.460 e. The summed E-state index contributed by atoms with van der Waals surface area (Å²) in [5.74, 6) is -1.21. The molecule has 0 saturated carbocycles. The Labute approximate surface area is 127 Å². The molecule has 0 bridgehead atoms. The molecule has 0 radical (unpaired) electrons. The van der Waals surface area contributed by atoms with Gasteiger partial charge in [0.15, 0.2) is 12.4 Å². The van der Waals surface area contributed by atoms with Crippen LogP contribution in [-0.4, -0.2) is 25.0 Å². The molecule has 1 heterocycles. The number of esters is 1. The molecule has 22 heavy (non-hydrogen) atoms. The molecule has 2 rings (SSSR count). The highest BCUT2D eigenvalue weighted by Crippen LogP contribution is 2.04. The molecule has 114 valence electrons. The molecular formula is C16H16FN2O3+. The Morgan fingerprint density at radius 2 is 1.91 bits per heavy atom. The van der Waals surface area contributed by atoms with E-state index in [1.54, 1.807) is 22.9 Å². The van der Waals surface area contributed by atoms with Crippen LogP contribution in [0.5, 0.6) is 0 Å². The number of hydrogen-bond acceptors (Lipinski definition) is 3. The molecule has 0 unspecified atom stereocenters. The van der Waals surface area contributed by atoms with Gasteiger partial charge < -0.3 is 10.1 Å². The van der Waals surface area contributed by atoms with Crippen LogP contribution in [-0.2, 0) is 11.8 Å². The lowest BCUT2D eigenvalue weighted by Crippen LogP contribution is -2.32. The predicted molar refractivity (Wildman–Crippen MR) is 76.6 cm³/mol. The number of rotatable bonds is 5. The van der Waals surface area contributed by atoms with Crippen molar-refractivity contribution < 1.29 is 23.3 Å². The number of amides is 1. The number of aromatic nitrogens is 1. The molecule has 6 heteroatoms. The maximum atomic E-state index is 12.7. The summed E-state index contributed by atoms with van der Waals surface area (Å²) in [7, 11) is 1.82. The van der Waals surface area contributed by atoms with Crippen molar-refractivity contribution in [3.8, 4) is 0 Å². The number of nitrogens with zero attached hydrogens (tertiary/aromatic N) is 1. The van der Waals surface area contributed by atoms with Gasteiger partial charge in [0.2, 0.25) is 0 Å². The van der Waals surface area contributed by atoms with Crippen molar-refractivity contribution in [1.29, 1.82) is 0 Å². The standard InChI is InChI=1S/C16H15FN2O3/c1-19-9-2-3-13(11-19)15(20)18-8-10-22-16(21)12-4-6-14(17)7-5-12/h2-7,9,11H,8,10H2,1H3/p+1. The number of nitrogens with one attached hydrogen (secondary N) is 1. The maximum Gasteiger partial charge on any atom is 0.338 e. The lowest BCUT2D eigenvalue weighted by Gasteiger charge is -2.06. The lowest BCUT2D eigenvalue weighted by molar-refractivity contribution is -0.671. The van der Waals surface area contributed by atoms with Gasteiger partial charge in [0.25, 0.3) is 5.91 Å². The molecule has 1 aromatic carbocycles. The average Bonchev–Trinajstić information content (AvgIpc) is 2.51. The summed E-state index contributed by atoms with van der Waals surface area (Å²) in [6.07, 6.45) is 3.51. The fraction of sp³-hybridized carbons (Fsp3) is 0.188. The Morgan fingerprint density at radius 3 is 2.59 bits per heavy atom. The highest BCUT2D eigenvalue weighted by Gasteiger charge is 2.10. The Kier molecular flexibility index (Phi) is 5.19. The molecule has 1 amide bonds. The van der Waals surface area contributed by atoms with Crippen molar-refractivity contribution in [2.45, 2.75) is 0 Å². The molecule has 0 aliphatic heterocycles. The number of benzene rings is 1. The van der Waals surface area contributed by atoms with Gasteiger partial charge in [-0.25, -0.2) is 13.8 Å². The first kappa shape index (κ1) is 15.6. The predicted octanol–water partition coefficient (Wildman–Crippen LogP) is 1.24. The first-order valence-corrected chi connectivity index (χ1v) is 6.72. The molecule has 2 aromatic rings. The molecule has 0 fully saturated rings. The Morgan fingerprint density at radius 1 is 1.18 bits per heavy atom. The lowest BCUT2D eigenvalue weighted by atomic mass is 10.2. The van der Waals surface area contributed by atoms with E-state index >= 15 is 0 Å². The first-order chi connectivity index (χ1) is 10.6. The number of ether oxygens (including phenoxy) is 1. The van der Waals surface area contributed by atoms with Gasteiger partial charge in [0.1, 0.15) is 25.0 Å². The third-order valence-corrected chi connectivity index (χ3v) is 2.90. The van der Waals surface area contributed by atoms with Gasteiger partial charge in [0.05, 0.1) is 12.1 Å². The zero-order valence-electron chi connectivity index (χ0n) is 12.1. The van der Waals surface area contributed by atoms with Crippen LogP contribution in [0.25, 0.3) is 0 Å². The Hall–Kier alpha value is -2.76. The van der Waals surface area contributed by atoms with Gasteiger partial charge >= 0.3 is 5.97 Å². The summed E-state index contributed by atoms with van der Waals surface area (Å²) in [6.45, 7) is 0.241. The molecule has 0 spiro atoms. The number of pyridine rings is 1. The van der Waals surface area contributed by atoms with E-state index in [9.17, 15) is 14.0 Å². The molecule has 0 aliphatic carbocycles. The highest BCUT2D eigenvalue weighted by atomic mass is 19.1. The first-order valence-electron chi connectivity index (χ1n) is 6.72.